The Labute approximate surface area is 115 Å². The molecule has 4 N–H and O–H groups in total. The highest BCUT2D eigenvalue weighted by Gasteiger charge is 2.22. The number of hydrogen-bond acceptors (Lipinski definition) is 6. The lowest BCUT2D eigenvalue weighted by molar-refractivity contribution is -0.385. The van der Waals surface area contributed by atoms with Crippen LogP contribution in [0.4, 0.5) is 17.5 Å². The van der Waals surface area contributed by atoms with E-state index in [0.717, 1.165) is 16.7 Å². The average molecular weight is 273 g/mol. The Kier molecular flexibility index (Phi) is 3.51. The van der Waals surface area contributed by atoms with Gasteiger partial charge in [0.25, 0.3) is 0 Å². The Balaban J connectivity index is 2.53. The SMILES string of the molecule is Cc1ccc(C)c(Cc2nc(N)nc(N)c2[N+](=O)[O-])c1. The lowest BCUT2D eigenvalue weighted by atomic mass is 10.0. The second-order valence-electron chi connectivity index (χ2n) is 4.63. The van der Waals surface area contributed by atoms with Crippen LogP contribution in [0.1, 0.15) is 22.4 Å². The van der Waals surface area contributed by atoms with Crippen molar-refractivity contribution in [1.29, 1.82) is 0 Å². The summed E-state index contributed by atoms with van der Waals surface area (Å²) in [5.41, 5.74) is 14.1. The molecule has 1 aromatic heterocycles. The maximum atomic E-state index is 11.1. The third kappa shape index (κ3) is 2.66. The average Bonchev–Trinajstić information content (AvgIpc) is 2.32. The molecule has 0 unspecified atom stereocenters. The van der Waals surface area contributed by atoms with Gasteiger partial charge in [0.1, 0.15) is 5.69 Å². The van der Waals surface area contributed by atoms with Crippen LogP contribution in [0.15, 0.2) is 18.2 Å². The van der Waals surface area contributed by atoms with Gasteiger partial charge >= 0.3 is 5.69 Å². The molecular formula is C13H15N5O2. The predicted octanol–water partition coefficient (Wildman–Crippen LogP) is 1.76. The van der Waals surface area contributed by atoms with Gasteiger partial charge in [-0.15, -0.1) is 0 Å². The molecule has 0 bridgehead atoms. The summed E-state index contributed by atoms with van der Waals surface area (Å²) in [6, 6.07) is 5.91. The molecule has 2 rings (SSSR count). The van der Waals surface area contributed by atoms with Crippen molar-refractivity contribution in [3.63, 3.8) is 0 Å². The van der Waals surface area contributed by atoms with E-state index in [9.17, 15) is 10.1 Å². The van der Waals surface area contributed by atoms with Crippen molar-refractivity contribution >= 4 is 17.5 Å². The summed E-state index contributed by atoms with van der Waals surface area (Å²) in [7, 11) is 0. The van der Waals surface area contributed by atoms with E-state index in [4.69, 9.17) is 11.5 Å². The molecule has 0 aliphatic rings. The fraction of sp³-hybridized carbons (Fsp3) is 0.231. The summed E-state index contributed by atoms with van der Waals surface area (Å²) >= 11 is 0. The maximum absolute atomic E-state index is 11.1. The van der Waals surface area contributed by atoms with Crippen molar-refractivity contribution in [2.75, 3.05) is 11.5 Å². The first kappa shape index (κ1) is 13.7. The van der Waals surface area contributed by atoms with E-state index in [0.29, 0.717) is 6.42 Å². The fourth-order valence-corrected chi connectivity index (χ4v) is 2.03. The van der Waals surface area contributed by atoms with Gasteiger partial charge in [0.05, 0.1) is 4.92 Å². The second kappa shape index (κ2) is 5.12. The van der Waals surface area contributed by atoms with Gasteiger partial charge in [0.15, 0.2) is 0 Å². The van der Waals surface area contributed by atoms with E-state index < -0.39 is 4.92 Å². The van der Waals surface area contributed by atoms with E-state index in [1.165, 1.54) is 0 Å². The highest BCUT2D eigenvalue weighted by molar-refractivity contribution is 5.58. The zero-order valence-corrected chi connectivity index (χ0v) is 11.3. The monoisotopic (exact) mass is 273 g/mol. The molecule has 0 aliphatic heterocycles. The van der Waals surface area contributed by atoms with Crippen molar-refractivity contribution in [2.45, 2.75) is 20.3 Å². The molecule has 0 atom stereocenters. The van der Waals surface area contributed by atoms with Crippen molar-refractivity contribution in [3.8, 4) is 0 Å². The summed E-state index contributed by atoms with van der Waals surface area (Å²) in [4.78, 5) is 18.1. The van der Waals surface area contributed by atoms with Crippen LogP contribution in [0.3, 0.4) is 0 Å². The number of aryl methyl sites for hydroxylation is 2. The van der Waals surface area contributed by atoms with E-state index in [1.54, 1.807) is 0 Å². The van der Waals surface area contributed by atoms with Crippen LogP contribution in [-0.4, -0.2) is 14.9 Å². The third-order valence-corrected chi connectivity index (χ3v) is 3.05. The largest absolute Gasteiger partial charge is 0.378 e. The number of nitrogens with two attached hydrogens (primary N) is 2. The number of nitrogen functional groups attached to an aromatic ring is 2. The molecule has 104 valence electrons. The van der Waals surface area contributed by atoms with Crippen LogP contribution in [-0.2, 0) is 6.42 Å². The van der Waals surface area contributed by atoms with Crippen LogP contribution < -0.4 is 11.5 Å². The van der Waals surface area contributed by atoms with Gasteiger partial charge in [-0.2, -0.15) is 4.98 Å². The van der Waals surface area contributed by atoms with E-state index in [2.05, 4.69) is 9.97 Å². The lowest BCUT2D eigenvalue weighted by Crippen LogP contribution is -2.09. The molecule has 0 spiro atoms. The summed E-state index contributed by atoms with van der Waals surface area (Å²) in [6.45, 7) is 3.90. The molecule has 7 nitrogen and oxygen atoms in total. The standard InChI is InChI=1S/C13H15N5O2/c1-7-3-4-8(2)9(5-7)6-10-11(18(19)20)12(14)17-13(15)16-10/h3-5H,6H2,1-2H3,(H4,14,15,16,17). The van der Waals surface area contributed by atoms with Crippen molar-refractivity contribution in [1.82, 2.24) is 9.97 Å². The number of benzene rings is 1. The second-order valence-corrected chi connectivity index (χ2v) is 4.63. The van der Waals surface area contributed by atoms with Crippen molar-refractivity contribution in [3.05, 3.63) is 50.7 Å². The smallest absolute Gasteiger partial charge is 0.332 e. The molecule has 0 aliphatic carbocycles. The highest BCUT2D eigenvalue weighted by atomic mass is 16.6. The summed E-state index contributed by atoms with van der Waals surface area (Å²) in [6.07, 6.45) is 0.292. The first-order valence-corrected chi connectivity index (χ1v) is 6.01. The Morgan fingerprint density at radius 2 is 1.95 bits per heavy atom. The van der Waals surface area contributed by atoms with Gasteiger partial charge in [-0.3, -0.25) is 10.1 Å². The fourth-order valence-electron chi connectivity index (χ4n) is 2.03. The molecule has 0 amide bonds. The van der Waals surface area contributed by atoms with Crippen LogP contribution in [0.25, 0.3) is 0 Å². The zero-order valence-electron chi connectivity index (χ0n) is 11.3. The van der Waals surface area contributed by atoms with Crippen molar-refractivity contribution < 1.29 is 4.92 Å². The molecule has 1 aromatic carbocycles. The third-order valence-electron chi connectivity index (χ3n) is 3.05. The Hall–Kier alpha value is -2.70. The van der Waals surface area contributed by atoms with E-state index in [1.807, 2.05) is 32.0 Å². The molecule has 2 aromatic rings. The molecular weight excluding hydrogens is 258 g/mol. The normalized spacial score (nSPS) is 10.5. The maximum Gasteiger partial charge on any atom is 0.332 e. The number of hydrogen-bond donors (Lipinski definition) is 2. The first-order valence-electron chi connectivity index (χ1n) is 6.01. The lowest BCUT2D eigenvalue weighted by Gasteiger charge is -2.08. The van der Waals surface area contributed by atoms with Gasteiger partial charge in [0.2, 0.25) is 11.8 Å². The first-order chi connectivity index (χ1) is 9.38. The number of nitrogens with zero attached hydrogens (tertiary/aromatic N) is 3. The molecule has 0 radical (unpaired) electrons. The summed E-state index contributed by atoms with van der Waals surface area (Å²) in [5.74, 6) is -0.267. The van der Waals surface area contributed by atoms with Crippen molar-refractivity contribution in [2.24, 2.45) is 0 Å². The van der Waals surface area contributed by atoms with E-state index in [-0.39, 0.29) is 23.1 Å². The summed E-state index contributed by atoms with van der Waals surface area (Å²) < 4.78 is 0. The van der Waals surface area contributed by atoms with Gasteiger partial charge in [-0.1, -0.05) is 23.8 Å². The van der Waals surface area contributed by atoms with Crippen LogP contribution in [0, 0.1) is 24.0 Å². The van der Waals surface area contributed by atoms with Crippen LogP contribution >= 0.6 is 0 Å². The molecule has 0 saturated heterocycles. The molecule has 20 heavy (non-hydrogen) atoms. The zero-order chi connectivity index (χ0) is 14.9. The van der Waals surface area contributed by atoms with Gasteiger partial charge in [0, 0.05) is 6.42 Å². The molecule has 7 heteroatoms. The Bertz CT molecular complexity index is 685. The quantitative estimate of drug-likeness (QED) is 0.649. The van der Waals surface area contributed by atoms with Crippen LogP contribution in [0.5, 0.6) is 0 Å². The Morgan fingerprint density at radius 1 is 1.25 bits per heavy atom. The number of nitro groups is 1. The highest BCUT2D eigenvalue weighted by Crippen LogP contribution is 2.27. The topological polar surface area (TPSA) is 121 Å². The molecule has 0 fully saturated rings. The van der Waals surface area contributed by atoms with E-state index >= 15 is 0 Å². The summed E-state index contributed by atoms with van der Waals surface area (Å²) in [5, 5.41) is 11.1. The van der Waals surface area contributed by atoms with Gasteiger partial charge in [-0.05, 0) is 25.0 Å². The predicted molar refractivity (Wildman–Crippen MR) is 76.2 cm³/mol. The number of anilines is 2. The number of aromatic nitrogens is 2. The molecule has 1 heterocycles. The van der Waals surface area contributed by atoms with Crippen LogP contribution in [0.2, 0.25) is 0 Å². The number of rotatable bonds is 3. The minimum Gasteiger partial charge on any atom is -0.378 e. The van der Waals surface area contributed by atoms with Gasteiger partial charge < -0.3 is 11.5 Å². The van der Waals surface area contributed by atoms with Gasteiger partial charge in [-0.25, -0.2) is 4.98 Å². The minimum absolute atomic E-state index is 0.0617. The minimum atomic E-state index is -0.574. The molecule has 0 saturated carbocycles. The Morgan fingerprint density at radius 3 is 2.60 bits per heavy atom.